The van der Waals surface area contributed by atoms with Crippen LogP contribution in [0.1, 0.15) is 31.2 Å². The molecular weight excluding hydrogens is 342 g/mol. The first-order chi connectivity index (χ1) is 13.8. The number of nitrogens with one attached hydrogen (secondary N) is 2. The molecule has 5 rings (SSSR count). The van der Waals surface area contributed by atoms with Crippen molar-refractivity contribution in [3.63, 3.8) is 0 Å². The Labute approximate surface area is 166 Å². The fourth-order valence-electron chi connectivity index (χ4n) is 4.35. The maximum Gasteiger partial charge on any atom is 0.0650 e. The standard InChI is InChI=1S/C25H25N3/c1-2-5-22-16-24(15-21(22)4-1)26-17-18-8-10-19(11-9-18)20-6-3-7-23(14-20)25-12-13-27-28-25/h1,3-4,6-14,24,26H,2,5,15-17H2,(H,27,28). The molecule has 1 atom stereocenters. The van der Waals surface area contributed by atoms with Gasteiger partial charge in [0.1, 0.15) is 0 Å². The molecule has 0 amide bonds. The molecule has 0 saturated heterocycles. The van der Waals surface area contributed by atoms with Gasteiger partial charge in [-0.25, -0.2) is 0 Å². The highest BCUT2D eigenvalue weighted by Crippen LogP contribution is 2.33. The SMILES string of the molecule is C1=CC2=C(CC1)CC(NCc1ccc(-c3cccc(-c4ccn[nH]4)c3)cc1)C2. The average Bonchev–Trinajstić information content (AvgIpc) is 3.42. The van der Waals surface area contributed by atoms with Crippen molar-refractivity contribution in [3.05, 3.63) is 89.7 Å². The van der Waals surface area contributed by atoms with Crippen molar-refractivity contribution in [2.75, 3.05) is 0 Å². The Morgan fingerprint density at radius 2 is 1.86 bits per heavy atom. The Balaban J connectivity index is 1.23. The molecule has 0 fully saturated rings. The third kappa shape index (κ3) is 3.58. The van der Waals surface area contributed by atoms with Crippen molar-refractivity contribution in [2.45, 2.75) is 38.3 Å². The zero-order valence-corrected chi connectivity index (χ0v) is 16.0. The lowest BCUT2D eigenvalue weighted by Gasteiger charge is -2.13. The van der Waals surface area contributed by atoms with Crippen molar-refractivity contribution in [1.29, 1.82) is 0 Å². The second-order valence-electron chi connectivity index (χ2n) is 7.80. The van der Waals surface area contributed by atoms with E-state index in [1.165, 1.54) is 42.4 Å². The van der Waals surface area contributed by atoms with Crippen molar-refractivity contribution >= 4 is 0 Å². The lowest BCUT2D eigenvalue weighted by molar-refractivity contribution is 0.528. The summed E-state index contributed by atoms with van der Waals surface area (Å²) in [5.41, 5.74) is 9.27. The summed E-state index contributed by atoms with van der Waals surface area (Å²) in [6.45, 7) is 0.934. The van der Waals surface area contributed by atoms with E-state index in [1.54, 1.807) is 17.3 Å². The zero-order valence-electron chi connectivity index (χ0n) is 16.0. The molecule has 0 radical (unpaired) electrons. The zero-order chi connectivity index (χ0) is 18.8. The number of benzene rings is 2. The number of H-pyrrole nitrogens is 1. The van der Waals surface area contributed by atoms with Crippen LogP contribution in [0, 0.1) is 0 Å². The van der Waals surface area contributed by atoms with Gasteiger partial charge in [0.2, 0.25) is 0 Å². The smallest absolute Gasteiger partial charge is 0.0650 e. The summed E-state index contributed by atoms with van der Waals surface area (Å²) in [6.07, 6.45) is 11.3. The van der Waals surface area contributed by atoms with Crippen LogP contribution in [0.3, 0.4) is 0 Å². The van der Waals surface area contributed by atoms with E-state index in [0.29, 0.717) is 6.04 Å². The normalized spacial score (nSPS) is 18.5. The molecule has 1 unspecified atom stereocenters. The van der Waals surface area contributed by atoms with Crippen LogP contribution in [0.5, 0.6) is 0 Å². The highest BCUT2D eigenvalue weighted by Gasteiger charge is 2.23. The van der Waals surface area contributed by atoms with E-state index in [9.17, 15) is 0 Å². The number of allylic oxidation sites excluding steroid dienone is 2. The summed E-state index contributed by atoms with van der Waals surface area (Å²) < 4.78 is 0. The van der Waals surface area contributed by atoms with E-state index in [0.717, 1.165) is 17.8 Å². The van der Waals surface area contributed by atoms with Gasteiger partial charge in [0.25, 0.3) is 0 Å². The summed E-state index contributed by atoms with van der Waals surface area (Å²) >= 11 is 0. The summed E-state index contributed by atoms with van der Waals surface area (Å²) in [5.74, 6) is 0. The topological polar surface area (TPSA) is 40.7 Å². The summed E-state index contributed by atoms with van der Waals surface area (Å²) in [4.78, 5) is 0. The van der Waals surface area contributed by atoms with Crippen LogP contribution in [0.25, 0.3) is 22.4 Å². The number of hydrogen-bond donors (Lipinski definition) is 2. The molecule has 2 aromatic carbocycles. The molecule has 0 aliphatic heterocycles. The minimum atomic E-state index is 0.596. The van der Waals surface area contributed by atoms with Gasteiger partial charge in [0.05, 0.1) is 5.69 Å². The van der Waals surface area contributed by atoms with E-state index in [1.807, 2.05) is 6.07 Å². The Morgan fingerprint density at radius 3 is 2.68 bits per heavy atom. The molecule has 2 aliphatic carbocycles. The van der Waals surface area contributed by atoms with E-state index >= 15 is 0 Å². The van der Waals surface area contributed by atoms with Gasteiger partial charge in [0.15, 0.2) is 0 Å². The number of aromatic nitrogens is 2. The Kier molecular flexibility index (Phi) is 4.67. The predicted molar refractivity (Wildman–Crippen MR) is 115 cm³/mol. The van der Waals surface area contributed by atoms with Crippen LogP contribution in [-0.4, -0.2) is 16.2 Å². The fourth-order valence-corrected chi connectivity index (χ4v) is 4.35. The largest absolute Gasteiger partial charge is 0.309 e. The molecule has 1 aromatic heterocycles. The second kappa shape index (κ2) is 7.61. The highest BCUT2D eigenvalue weighted by molar-refractivity contribution is 5.71. The second-order valence-corrected chi connectivity index (χ2v) is 7.80. The molecule has 28 heavy (non-hydrogen) atoms. The molecule has 3 heteroatoms. The molecule has 3 aromatic rings. The van der Waals surface area contributed by atoms with Crippen LogP contribution < -0.4 is 5.32 Å². The van der Waals surface area contributed by atoms with Crippen LogP contribution >= 0.6 is 0 Å². The molecule has 2 N–H and O–H groups in total. The van der Waals surface area contributed by atoms with Gasteiger partial charge in [-0.1, -0.05) is 60.2 Å². The first-order valence-corrected chi connectivity index (χ1v) is 10.1. The maximum atomic E-state index is 4.05. The number of rotatable bonds is 5. The summed E-state index contributed by atoms with van der Waals surface area (Å²) in [7, 11) is 0. The van der Waals surface area contributed by atoms with Crippen molar-refractivity contribution in [3.8, 4) is 22.4 Å². The van der Waals surface area contributed by atoms with Crippen LogP contribution in [-0.2, 0) is 6.54 Å². The molecule has 1 heterocycles. The lowest BCUT2D eigenvalue weighted by atomic mass is 10.0. The molecule has 3 nitrogen and oxygen atoms in total. The molecule has 2 aliphatic rings. The number of aromatic amines is 1. The van der Waals surface area contributed by atoms with Gasteiger partial charge in [-0.2, -0.15) is 5.10 Å². The minimum absolute atomic E-state index is 0.596. The Hall–Kier alpha value is -2.91. The van der Waals surface area contributed by atoms with Crippen molar-refractivity contribution in [1.82, 2.24) is 15.5 Å². The molecule has 0 saturated carbocycles. The van der Waals surface area contributed by atoms with Gasteiger partial charge >= 0.3 is 0 Å². The Bertz CT molecular complexity index is 1010. The summed E-state index contributed by atoms with van der Waals surface area (Å²) in [5, 5.41) is 10.8. The van der Waals surface area contributed by atoms with E-state index in [-0.39, 0.29) is 0 Å². The quantitative estimate of drug-likeness (QED) is 0.612. The average molecular weight is 367 g/mol. The lowest BCUT2D eigenvalue weighted by Crippen LogP contribution is -2.26. The first kappa shape index (κ1) is 17.2. The maximum absolute atomic E-state index is 4.05. The number of nitrogens with zero attached hydrogens (tertiary/aromatic N) is 1. The number of hydrogen-bond acceptors (Lipinski definition) is 2. The van der Waals surface area contributed by atoms with Gasteiger partial charge < -0.3 is 5.32 Å². The van der Waals surface area contributed by atoms with Gasteiger partial charge in [-0.05, 0) is 60.1 Å². The van der Waals surface area contributed by atoms with E-state index < -0.39 is 0 Å². The molecule has 140 valence electrons. The monoisotopic (exact) mass is 367 g/mol. The van der Waals surface area contributed by atoms with Gasteiger partial charge in [-0.3, -0.25) is 5.10 Å². The molecular formula is C25H25N3. The molecule has 0 bridgehead atoms. The van der Waals surface area contributed by atoms with Crippen molar-refractivity contribution in [2.24, 2.45) is 0 Å². The first-order valence-electron chi connectivity index (χ1n) is 10.1. The highest BCUT2D eigenvalue weighted by atomic mass is 15.1. The fraction of sp³-hybridized carbons (Fsp3) is 0.240. The van der Waals surface area contributed by atoms with E-state index in [2.05, 4.69) is 76.2 Å². The van der Waals surface area contributed by atoms with Crippen LogP contribution in [0.15, 0.2) is 84.1 Å². The van der Waals surface area contributed by atoms with Gasteiger partial charge in [-0.15, -0.1) is 0 Å². The Morgan fingerprint density at radius 1 is 0.964 bits per heavy atom. The summed E-state index contributed by atoms with van der Waals surface area (Å²) in [6, 6.07) is 20.1. The van der Waals surface area contributed by atoms with Crippen molar-refractivity contribution < 1.29 is 0 Å². The van der Waals surface area contributed by atoms with E-state index in [4.69, 9.17) is 0 Å². The molecule has 0 spiro atoms. The van der Waals surface area contributed by atoms with Gasteiger partial charge in [0, 0.05) is 24.3 Å². The predicted octanol–water partition coefficient (Wildman–Crippen LogP) is 5.64. The van der Waals surface area contributed by atoms with Crippen LogP contribution in [0.4, 0.5) is 0 Å². The minimum Gasteiger partial charge on any atom is -0.309 e. The third-order valence-corrected chi connectivity index (χ3v) is 5.90. The third-order valence-electron chi connectivity index (χ3n) is 5.90. The van der Waals surface area contributed by atoms with Crippen LogP contribution in [0.2, 0.25) is 0 Å².